The van der Waals surface area contributed by atoms with Crippen molar-refractivity contribution >= 4 is 17.5 Å². The molecule has 0 atom stereocenters. The van der Waals surface area contributed by atoms with E-state index in [0.717, 1.165) is 83.3 Å². The number of piperazine rings is 2. The van der Waals surface area contributed by atoms with Gasteiger partial charge in [0, 0.05) is 82.2 Å². The molecule has 36 heavy (non-hydrogen) atoms. The zero-order valence-electron chi connectivity index (χ0n) is 22.2. The number of nitrogens with zero attached hydrogens (tertiary/aromatic N) is 5. The van der Waals surface area contributed by atoms with Crippen LogP contribution in [-0.4, -0.2) is 109 Å². The molecule has 4 fully saturated rings. The number of benzene rings is 1. The summed E-state index contributed by atoms with van der Waals surface area (Å²) in [6.07, 6.45) is 10.1. The maximum Gasteiger partial charge on any atom is 0.254 e. The summed E-state index contributed by atoms with van der Waals surface area (Å²) >= 11 is 0. The molecular weight excluding hydrogens is 450 g/mol. The lowest BCUT2D eigenvalue weighted by Gasteiger charge is -2.43. The van der Waals surface area contributed by atoms with Gasteiger partial charge in [-0.3, -0.25) is 19.4 Å². The van der Waals surface area contributed by atoms with Gasteiger partial charge in [-0.15, -0.1) is 0 Å². The van der Waals surface area contributed by atoms with Crippen molar-refractivity contribution in [3.8, 4) is 0 Å². The summed E-state index contributed by atoms with van der Waals surface area (Å²) in [5, 5.41) is 0. The van der Waals surface area contributed by atoms with Gasteiger partial charge in [-0.05, 0) is 56.9 Å². The molecule has 7 nitrogen and oxygen atoms in total. The molecule has 198 valence electrons. The zero-order valence-corrected chi connectivity index (χ0v) is 22.2. The fourth-order valence-corrected chi connectivity index (χ4v) is 6.48. The quantitative estimate of drug-likeness (QED) is 0.581. The van der Waals surface area contributed by atoms with E-state index >= 15 is 0 Å². The van der Waals surface area contributed by atoms with Crippen LogP contribution in [0.1, 0.15) is 68.6 Å². The first-order valence-corrected chi connectivity index (χ1v) is 14.5. The van der Waals surface area contributed by atoms with Gasteiger partial charge in [0.15, 0.2) is 0 Å². The Morgan fingerprint density at radius 2 is 1.47 bits per heavy atom. The minimum atomic E-state index is 0.174. The molecule has 1 aromatic rings. The van der Waals surface area contributed by atoms with Crippen LogP contribution in [0.2, 0.25) is 0 Å². The molecule has 2 saturated heterocycles. The minimum Gasteiger partial charge on any atom is -0.369 e. The van der Waals surface area contributed by atoms with Crippen LogP contribution in [0.3, 0.4) is 0 Å². The largest absolute Gasteiger partial charge is 0.369 e. The number of anilines is 1. The molecule has 4 aliphatic rings. The highest BCUT2D eigenvalue weighted by atomic mass is 16.2. The zero-order chi connectivity index (χ0) is 24.9. The summed E-state index contributed by atoms with van der Waals surface area (Å²) in [6, 6.07) is 9.39. The second-order valence-electron chi connectivity index (χ2n) is 11.2. The Labute approximate surface area is 217 Å². The average Bonchev–Trinajstić information content (AvgIpc) is 2.90. The molecule has 2 heterocycles. The number of amides is 2. The summed E-state index contributed by atoms with van der Waals surface area (Å²) in [4.78, 5) is 37.5. The fourth-order valence-electron chi connectivity index (χ4n) is 6.48. The van der Waals surface area contributed by atoms with Crippen molar-refractivity contribution in [3.05, 3.63) is 29.8 Å². The molecule has 7 heteroatoms. The van der Waals surface area contributed by atoms with Crippen LogP contribution in [0.25, 0.3) is 0 Å². The second kappa shape index (κ2) is 12.0. The van der Waals surface area contributed by atoms with E-state index in [1.165, 1.54) is 44.2 Å². The molecule has 0 unspecified atom stereocenters. The normalized spacial score (nSPS) is 22.9. The molecule has 0 spiro atoms. The van der Waals surface area contributed by atoms with E-state index in [2.05, 4.69) is 43.6 Å². The standard InChI is InChI=1S/C29H45N5O2/c1-2-34(27-7-4-3-5-8-27)29(36)24-11-13-26(14-12-24)31-17-15-30(16-18-31)23-28(35)33-21-19-32(20-22-33)25-9-6-10-25/h11-14,25,27H,2-10,15-23H2,1H3. The van der Waals surface area contributed by atoms with Crippen molar-refractivity contribution in [2.45, 2.75) is 70.4 Å². The van der Waals surface area contributed by atoms with Gasteiger partial charge in [-0.1, -0.05) is 25.7 Å². The molecule has 0 bridgehead atoms. The molecule has 2 aliphatic carbocycles. The maximum absolute atomic E-state index is 13.2. The highest BCUT2D eigenvalue weighted by molar-refractivity contribution is 5.94. The molecule has 0 N–H and O–H groups in total. The van der Waals surface area contributed by atoms with Gasteiger partial charge >= 0.3 is 0 Å². The van der Waals surface area contributed by atoms with E-state index < -0.39 is 0 Å². The van der Waals surface area contributed by atoms with Crippen molar-refractivity contribution in [1.29, 1.82) is 0 Å². The molecule has 2 aliphatic heterocycles. The van der Waals surface area contributed by atoms with Crippen LogP contribution in [-0.2, 0) is 4.79 Å². The lowest BCUT2D eigenvalue weighted by molar-refractivity contribution is -0.134. The first-order valence-electron chi connectivity index (χ1n) is 14.5. The molecule has 1 aromatic carbocycles. The van der Waals surface area contributed by atoms with Gasteiger partial charge in [-0.25, -0.2) is 0 Å². The van der Waals surface area contributed by atoms with E-state index in [1.54, 1.807) is 0 Å². The molecular formula is C29H45N5O2. The number of hydrogen-bond acceptors (Lipinski definition) is 5. The van der Waals surface area contributed by atoms with Gasteiger partial charge in [0.2, 0.25) is 5.91 Å². The van der Waals surface area contributed by atoms with E-state index in [4.69, 9.17) is 0 Å². The summed E-state index contributed by atoms with van der Waals surface area (Å²) in [7, 11) is 0. The van der Waals surface area contributed by atoms with E-state index in [9.17, 15) is 9.59 Å². The van der Waals surface area contributed by atoms with Crippen LogP contribution in [0.5, 0.6) is 0 Å². The third kappa shape index (κ3) is 5.88. The smallest absolute Gasteiger partial charge is 0.254 e. The van der Waals surface area contributed by atoms with Crippen LogP contribution < -0.4 is 4.90 Å². The Morgan fingerprint density at radius 1 is 0.806 bits per heavy atom. The number of carbonyl (C=O) groups is 2. The fraction of sp³-hybridized carbons (Fsp3) is 0.724. The Balaban J connectivity index is 1.07. The first-order chi connectivity index (χ1) is 17.6. The first kappa shape index (κ1) is 25.5. The number of rotatable bonds is 7. The van der Waals surface area contributed by atoms with Gasteiger partial charge in [0.05, 0.1) is 6.54 Å². The van der Waals surface area contributed by atoms with Crippen molar-refractivity contribution in [1.82, 2.24) is 19.6 Å². The van der Waals surface area contributed by atoms with Crippen LogP contribution in [0.15, 0.2) is 24.3 Å². The van der Waals surface area contributed by atoms with Crippen molar-refractivity contribution < 1.29 is 9.59 Å². The average molecular weight is 496 g/mol. The van der Waals surface area contributed by atoms with E-state index in [-0.39, 0.29) is 11.8 Å². The van der Waals surface area contributed by atoms with Crippen LogP contribution in [0, 0.1) is 0 Å². The second-order valence-corrected chi connectivity index (χ2v) is 11.2. The Bertz CT molecular complexity index is 864. The molecule has 0 aromatic heterocycles. The molecule has 0 radical (unpaired) electrons. The van der Waals surface area contributed by atoms with Gasteiger partial charge in [0.1, 0.15) is 0 Å². The van der Waals surface area contributed by atoms with Crippen molar-refractivity contribution in [3.63, 3.8) is 0 Å². The predicted octanol–water partition coefficient (Wildman–Crippen LogP) is 3.30. The maximum atomic E-state index is 13.2. The third-order valence-corrected chi connectivity index (χ3v) is 9.09. The van der Waals surface area contributed by atoms with Gasteiger partial charge < -0.3 is 14.7 Å². The number of carbonyl (C=O) groups excluding carboxylic acids is 2. The summed E-state index contributed by atoms with van der Waals surface area (Å²) in [6.45, 7) is 10.9. The van der Waals surface area contributed by atoms with Crippen molar-refractivity contribution in [2.75, 3.05) is 70.3 Å². The van der Waals surface area contributed by atoms with E-state index in [1.807, 2.05) is 12.1 Å². The highest BCUT2D eigenvalue weighted by Gasteiger charge is 2.30. The molecule has 2 amide bonds. The lowest BCUT2D eigenvalue weighted by atomic mass is 9.91. The van der Waals surface area contributed by atoms with Crippen LogP contribution in [0.4, 0.5) is 5.69 Å². The summed E-state index contributed by atoms with van der Waals surface area (Å²) < 4.78 is 0. The predicted molar refractivity (Wildman–Crippen MR) is 144 cm³/mol. The topological polar surface area (TPSA) is 50.3 Å². The lowest BCUT2D eigenvalue weighted by Crippen LogP contribution is -2.56. The Morgan fingerprint density at radius 3 is 2.06 bits per heavy atom. The number of hydrogen-bond donors (Lipinski definition) is 0. The SMILES string of the molecule is CCN(C(=O)c1ccc(N2CCN(CC(=O)N3CCN(C4CCC4)CC3)CC2)cc1)C1CCCCC1. The monoisotopic (exact) mass is 495 g/mol. The third-order valence-electron chi connectivity index (χ3n) is 9.09. The van der Waals surface area contributed by atoms with Gasteiger partial charge in [-0.2, -0.15) is 0 Å². The highest BCUT2D eigenvalue weighted by Crippen LogP contribution is 2.26. The summed E-state index contributed by atoms with van der Waals surface area (Å²) in [5.74, 6) is 0.464. The minimum absolute atomic E-state index is 0.174. The Hall–Kier alpha value is -2.12. The van der Waals surface area contributed by atoms with Gasteiger partial charge in [0.25, 0.3) is 5.91 Å². The molecule has 5 rings (SSSR count). The van der Waals surface area contributed by atoms with Crippen molar-refractivity contribution in [2.24, 2.45) is 0 Å². The van der Waals surface area contributed by atoms with Crippen LogP contribution >= 0.6 is 0 Å². The Kier molecular flexibility index (Phi) is 8.47. The van der Waals surface area contributed by atoms with E-state index in [0.29, 0.717) is 12.6 Å². The molecule has 2 saturated carbocycles. The summed E-state index contributed by atoms with van der Waals surface area (Å²) in [5.41, 5.74) is 1.97.